The summed E-state index contributed by atoms with van der Waals surface area (Å²) < 4.78 is 45.3. The third-order valence-electron chi connectivity index (χ3n) is 13.2. The Morgan fingerprint density at radius 3 is 2.52 bits per heavy atom. The number of likely N-dealkylation sites (tertiary alicyclic amines) is 1. The summed E-state index contributed by atoms with van der Waals surface area (Å²) in [7, 11) is 0. The number of amides is 4. The highest BCUT2D eigenvalue weighted by molar-refractivity contribution is 6.33. The van der Waals surface area contributed by atoms with Crippen LogP contribution < -0.4 is 31.6 Å². The lowest BCUT2D eigenvalue weighted by molar-refractivity contribution is -0.137. The molecule has 64 heavy (non-hydrogen) atoms. The van der Waals surface area contributed by atoms with Crippen LogP contribution in [0.5, 0.6) is 5.75 Å². The highest BCUT2D eigenvalue weighted by Gasteiger charge is 2.49. The summed E-state index contributed by atoms with van der Waals surface area (Å²) in [5.74, 6) is -4.91. The van der Waals surface area contributed by atoms with Crippen LogP contribution in [0, 0.1) is 0 Å². The van der Waals surface area contributed by atoms with Gasteiger partial charge in [0.25, 0.3) is 23.3 Å². The standard InChI is InChI=1S/C45H50ClF2N9O7/c1-24(2)57-35-6-4-28(16-26(35)17-37(43(57)62)63-22-38(49)58)51-40-34(46)20-50-44(53-40)54-12-9-30(10-13-54)64-31-18-29(19-31)55-14-11-33(45(47,48)23-55)25-3-5-32-27(15-25)21-56(42(32)61)36-7-8-39(59)52-41(36)60/h3-6,15-17,20,24,29-31,33,36H,7-14,18-19,21-23H2,1-2H3,(H2,49,58)(H,50,51,53)(H,52,59,60)/t29-,31-,33?,36?. The SMILES string of the molecule is CC(C)n1c(=O)c(OCC(N)=O)cc2cc(Nc3nc(N4CCC(O[C@H]5C[C@H](N6CCC(c7ccc8c(c7)CN(C7CCC(=O)NC7=O)C8=O)C(F)(F)C6)C5)CC4)ncc3Cl)ccc21. The van der Waals surface area contributed by atoms with E-state index in [0.29, 0.717) is 82.5 Å². The second kappa shape index (κ2) is 17.3. The molecule has 2 atom stereocenters. The molecule has 4 aliphatic heterocycles. The normalized spacial score (nSPS) is 23.9. The summed E-state index contributed by atoms with van der Waals surface area (Å²) in [4.78, 5) is 76.4. The Morgan fingerprint density at radius 2 is 1.80 bits per heavy atom. The Hall–Kier alpha value is -5.72. The molecule has 19 heteroatoms. The molecular weight excluding hydrogens is 852 g/mol. The van der Waals surface area contributed by atoms with Crippen molar-refractivity contribution >= 4 is 63.6 Å². The molecule has 4 fully saturated rings. The van der Waals surface area contributed by atoms with Gasteiger partial charge in [-0.15, -0.1) is 0 Å². The van der Waals surface area contributed by atoms with Gasteiger partial charge in [0.1, 0.15) is 11.1 Å². The first-order valence-corrected chi connectivity index (χ1v) is 22.2. The number of carbonyl (C=O) groups excluding carboxylic acids is 4. The Kier molecular flexibility index (Phi) is 11.8. The quantitative estimate of drug-likeness (QED) is 0.161. The first kappa shape index (κ1) is 43.5. The number of fused-ring (bicyclic) bond motifs is 2. The molecule has 4 N–H and O–H groups in total. The molecular formula is C45H50ClF2N9O7. The number of alkyl halides is 2. The van der Waals surface area contributed by atoms with Crippen LogP contribution in [0.1, 0.15) is 92.2 Å². The molecule has 2 unspecified atom stereocenters. The molecule has 4 aromatic rings. The molecule has 9 rings (SSSR count). The topological polar surface area (TPSA) is 194 Å². The summed E-state index contributed by atoms with van der Waals surface area (Å²) in [5, 5.41) is 6.59. The van der Waals surface area contributed by atoms with E-state index in [9.17, 15) is 24.0 Å². The minimum Gasteiger partial charge on any atom is -0.478 e. The van der Waals surface area contributed by atoms with Crippen molar-refractivity contribution in [2.24, 2.45) is 5.73 Å². The molecule has 1 saturated carbocycles. The number of anilines is 3. The maximum atomic E-state index is 15.9. The van der Waals surface area contributed by atoms with Crippen molar-refractivity contribution in [1.29, 1.82) is 0 Å². The van der Waals surface area contributed by atoms with Crippen molar-refractivity contribution in [2.75, 3.05) is 43.0 Å². The van der Waals surface area contributed by atoms with Gasteiger partial charge >= 0.3 is 0 Å². The molecule has 5 aliphatic rings. The molecule has 0 spiro atoms. The predicted molar refractivity (Wildman–Crippen MR) is 233 cm³/mol. The Bertz CT molecular complexity index is 2580. The first-order valence-electron chi connectivity index (χ1n) is 21.8. The number of imide groups is 1. The molecule has 6 heterocycles. The number of nitrogens with two attached hydrogens (primary N) is 1. The number of pyridine rings is 1. The van der Waals surface area contributed by atoms with E-state index in [1.807, 2.05) is 36.9 Å². The fourth-order valence-electron chi connectivity index (χ4n) is 9.81. The summed E-state index contributed by atoms with van der Waals surface area (Å²) in [6, 6.07) is 11.1. The van der Waals surface area contributed by atoms with E-state index in [1.54, 1.807) is 35.0 Å². The molecule has 4 amide bonds. The number of benzene rings is 2. The van der Waals surface area contributed by atoms with Crippen LogP contribution in [0.4, 0.5) is 26.2 Å². The fourth-order valence-corrected chi connectivity index (χ4v) is 9.95. The Balaban J connectivity index is 0.759. The van der Waals surface area contributed by atoms with Gasteiger partial charge in [0.2, 0.25) is 17.8 Å². The number of halogens is 3. The number of hydrogen-bond donors (Lipinski definition) is 3. The van der Waals surface area contributed by atoms with E-state index in [-0.39, 0.29) is 79.8 Å². The van der Waals surface area contributed by atoms with Gasteiger partial charge in [-0.05, 0) is 100 Å². The van der Waals surface area contributed by atoms with E-state index >= 15 is 8.78 Å². The summed E-state index contributed by atoms with van der Waals surface area (Å²) in [6.45, 7) is 4.99. The van der Waals surface area contributed by atoms with Crippen molar-refractivity contribution in [3.8, 4) is 5.75 Å². The van der Waals surface area contributed by atoms with Crippen molar-refractivity contribution in [2.45, 2.75) is 108 Å². The van der Waals surface area contributed by atoms with Crippen LogP contribution in [0.3, 0.4) is 0 Å². The first-order chi connectivity index (χ1) is 30.6. The van der Waals surface area contributed by atoms with Gasteiger partial charge in [0, 0.05) is 54.8 Å². The molecule has 2 aromatic heterocycles. The summed E-state index contributed by atoms with van der Waals surface area (Å²) in [6.07, 6.45) is 5.13. The molecule has 2 aromatic carbocycles. The van der Waals surface area contributed by atoms with Crippen LogP contribution in [0.25, 0.3) is 10.9 Å². The fraction of sp³-hybridized carbons (Fsp3) is 0.489. The van der Waals surface area contributed by atoms with Gasteiger partial charge in [-0.25, -0.2) is 13.8 Å². The predicted octanol–water partition coefficient (Wildman–Crippen LogP) is 5.04. The van der Waals surface area contributed by atoms with E-state index in [4.69, 9.17) is 31.8 Å². The number of nitrogens with zero attached hydrogens (tertiary/aromatic N) is 6. The average Bonchev–Trinajstić information content (AvgIpc) is 3.56. The largest absolute Gasteiger partial charge is 0.478 e. The maximum Gasteiger partial charge on any atom is 0.293 e. The van der Waals surface area contributed by atoms with Crippen LogP contribution in [-0.2, 0) is 25.7 Å². The average molecular weight is 902 g/mol. The number of rotatable bonds is 12. The lowest BCUT2D eigenvalue weighted by Crippen LogP contribution is -2.56. The number of nitrogens with one attached hydrogen (secondary N) is 2. The lowest BCUT2D eigenvalue weighted by atomic mass is 9.81. The molecule has 16 nitrogen and oxygen atoms in total. The third kappa shape index (κ3) is 8.62. The van der Waals surface area contributed by atoms with Gasteiger partial charge in [0.15, 0.2) is 18.2 Å². The minimum atomic E-state index is -2.97. The zero-order chi connectivity index (χ0) is 45.0. The van der Waals surface area contributed by atoms with Gasteiger partial charge in [-0.3, -0.25) is 34.2 Å². The lowest BCUT2D eigenvalue weighted by Gasteiger charge is -2.48. The van der Waals surface area contributed by atoms with Crippen molar-refractivity contribution < 1.29 is 37.4 Å². The van der Waals surface area contributed by atoms with Gasteiger partial charge in [-0.2, -0.15) is 4.98 Å². The number of ether oxygens (including phenoxy) is 2. The van der Waals surface area contributed by atoms with E-state index in [1.165, 1.54) is 4.90 Å². The van der Waals surface area contributed by atoms with Crippen LogP contribution >= 0.6 is 11.6 Å². The van der Waals surface area contributed by atoms with Gasteiger partial charge in [-0.1, -0.05) is 23.7 Å². The van der Waals surface area contributed by atoms with Crippen LogP contribution in [0.2, 0.25) is 5.02 Å². The van der Waals surface area contributed by atoms with Gasteiger partial charge < -0.3 is 34.9 Å². The molecule has 1 aliphatic carbocycles. The minimum absolute atomic E-state index is 0.0000330. The van der Waals surface area contributed by atoms with Crippen molar-refractivity contribution in [3.05, 3.63) is 80.7 Å². The number of primary amides is 1. The number of carbonyl (C=O) groups is 4. The van der Waals surface area contributed by atoms with Crippen LogP contribution in [-0.4, -0.2) is 111 Å². The number of hydrogen-bond acceptors (Lipinski definition) is 12. The third-order valence-corrected chi connectivity index (χ3v) is 13.4. The number of piperidine rings is 3. The monoisotopic (exact) mass is 901 g/mol. The highest BCUT2D eigenvalue weighted by atomic mass is 35.5. The molecule has 0 radical (unpaired) electrons. The summed E-state index contributed by atoms with van der Waals surface area (Å²) >= 11 is 6.56. The smallest absolute Gasteiger partial charge is 0.293 e. The molecule has 0 bridgehead atoms. The van der Waals surface area contributed by atoms with Crippen molar-refractivity contribution in [1.82, 2.24) is 29.7 Å². The van der Waals surface area contributed by atoms with E-state index < -0.39 is 36.3 Å². The summed E-state index contributed by atoms with van der Waals surface area (Å²) in [5.41, 5.74) is 7.77. The van der Waals surface area contributed by atoms with Crippen molar-refractivity contribution in [3.63, 3.8) is 0 Å². The Labute approximate surface area is 372 Å². The second-order valence-corrected chi connectivity index (χ2v) is 18.2. The molecule has 3 saturated heterocycles. The zero-order valence-electron chi connectivity index (χ0n) is 35.5. The highest BCUT2D eigenvalue weighted by Crippen LogP contribution is 2.44. The maximum absolute atomic E-state index is 15.9. The zero-order valence-corrected chi connectivity index (χ0v) is 36.3. The Morgan fingerprint density at radius 1 is 1.02 bits per heavy atom. The van der Waals surface area contributed by atoms with Gasteiger partial charge in [0.05, 0.1) is 36.4 Å². The van der Waals surface area contributed by atoms with E-state index in [2.05, 4.69) is 20.5 Å². The van der Waals surface area contributed by atoms with E-state index in [0.717, 1.165) is 12.8 Å². The second-order valence-electron chi connectivity index (χ2n) is 17.8. The number of aromatic nitrogens is 3. The molecule has 338 valence electrons. The van der Waals surface area contributed by atoms with Crippen LogP contribution in [0.15, 0.2) is 53.5 Å².